The lowest BCUT2D eigenvalue weighted by Gasteiger charge is -2.25. The molecular formula is C17H18O5. The Morgan fingerprint density at radius 3 is 2.45 bits per heavy atom. The van der Waals surface area contributed by atoms with E-state index in [1.165, 1.54) is 38.5 Å². The third-order valence-electron chi connectivity index (χ3n) is 3.42. The van der Waals surface area contributed by atoms with Crippen LogP contribution < -0.4 is 0 Å². The second-order valence-electron chi connectivity index (χ2n) is 4.84. The van der Waals surface area contributed by atoms with E-state index in [1.807, 2.05) is 0 Å². The molecule has 5 heteroatoms. The molecular weight excluding hydrogens is 284 g/mol. The number of phenols is 1. The van der Waals surface area contributed by atoms with Crippen molar-refractivity contribution in [1.82, 2.24) is 0 Å². The largest absolute Gasteiger partial charge is 0.508 e. The normalized spacial score (nSPS) is 21.4. The predicted molar refractivity (Wildman–Crippen MR) is 81.7 cm³/mol. The molecule has 2 rings (SSSR count). The zero-order valence-electron chi connectivity index (χ0n) is 12.4. The number of aliphatic hydroxyl groups excluding tert-OH is 1. The first-order valence-electron chi connectivity index (χ1n) is 6.76. The van der Waals surface area contributed by atoms with Crippen LogP contribution in [0.15, 0.2) is 60.1 Å². The van der Waals surface area contributed by atoms with E-state index in [9.17, 15) is 15.0 Å². The number of methoxy groups -OCH3 is 2. The van der Waals surface area contributed by atoms with Crippen molar-refractivity contribution in [3.63, 3.8) is 0 Å². The molecule has 2 atom stereocenters. The van der Waals surface area contributed by atoms with Crippen LogP contribution in [0, 0.1) is 5.92 Å². The molecule has 0 fully saturated rings. The van der Waals surface area contributed by atoms with Gasteiger partial charge in [0.15, 0.2) is 5.78 Å². The topological polar surface area (TPSA) is 76.0 Å². The van der Waals surface area contributed by atoms with E-state index < -0.39 is 6.10 Å². The standard InChI is InChI=1S/C17H18O5/c1-21-16-9-13(19)10-17(22-2)14(16)7-8-15(20)11-3-5-12(18)6-4-11/h3-10,14,16,18-19H,1-2H3. The molecule has 0 amide bonds. The van der Waals surface area contributed by atoms with E-state index in [0.717, 1.165) is 0 Å². The molecule has 1 aliphatic rings. The number of ketones is 1. The first kappa shape index (κ1) is 15.9. The highest BCUT2D eigenvalue weighted by molar-refractivity contribution is 6.04. The van der Waals surface area contributed by atoms with Crippen LogP contribution in [-0.4, -0.2) is 36.3 Å². The fourth-order valence-electron chi connectivity index (χ4n) is 2.25. The summed E-state index contributed by atoms with van der Waals surface area (Å²) in [7, 11) is 3.02. The number of ether oxygens (including phenoxy) is 2. The number of phenolic OH excluding ortho intramolecular Hbond substituents is 1. The molecule has 1 aromatic rings. The van der Waals surface area contributed by atoms with Gasteiger partial charge in [-0.25, -0.2) is 0 Å². The minimum atomic E-state index is -0.413. The summed E-state index contributed by atoms with van der Waals surface area (Å²) in [6, 6.07) is 6.02. The fraction of sp³-hybridized carbons (Fsp3) is 0.235. The van der Waals surface area contributed by atoms with Crippen LogP contribution in [0.5, 0.6) is 5.75 Å². The van der Waals surface area contributed by atoms with E-state index in [1.54, 1.807) is 24.3 Å². The Balaban J connectivity index is 2.18. The highest BCUT2D eigenvalue weighted by Crippen LogP contribution is 2.27. The summed E-state index contributed by atoms with van der Waals surface area (Å²) >= 11 is 0. The van der Waals surface area contributed by atoms with Gasteiger partial charge in [0.2, 0.25) is 0 Å². The van der Waals surface area contributed by atoms with Crippen molar-refractivity contribution in [2.45, 2.75) is 6.10 Å². The third kappa shape index (κ3) is 3.56. The molecule has 0 heterocycles. The van der Waals surface area contributed by atoms with Gasteiger partial charge in [-0.2, -0.15) is 0 Å². The van der Waals surface area contributed by atoms with Gasteiger partial charge in [0.05, 0.1) is 19.1 Å². The summed E-state index contributed by atoms with van der Waals surface area (Å²) in [5, 5.41) is 18.9. The fourth-order valence-corrected chi connectivity index (χ4v) is 2.25. The number of hydrogen-bond acceptors (Lipinski definition) is 5. The number of aliphatic hydroxyl groups is 1. The third-order valence-corrected chi connectivity index (χ3v) is 3.42. The number of carbonyl (C=O) groups is 1. The molecule has 1 aliphatic carbocycles. The monoisotopic (exact) mass is 302 g/mol. The first-order chi connectivity index (χ1) is 10.5. The lowest BCUT2D eigenvalue weighted by molar-refractivity contribution is 0.0876. The van der Waals surface area contributed by atoms with Gasteiger partial charge in [0.1, 0.15) is 17.3 Å². The Morgan fingerprint density at radius 2 is 1.86 bits per heavy atom. The van der Waals surface area contributed by atoms with Crippen molar-refractivity contribution in [3.05, 3.63) is 65.7 Å². The molecule has 2 unspecified atom stereocenters. The molecule has 1 aromatic carbocycles. The summed E-state index contributed by atoms with van der Waals surface area (Å²) < 4.78 is 10.6. The smallest absolute Gasteiger partial charge is 0.185 e. The highest BCUT2D eigenvalue weighted by Gasteiger charge is 2.26. The molecule has 0 saturated heterocycles. The zero-order chi connectivity index (χ0) is 16.1. The number of allylic oxidation sites excluding steroid dienone is 2. The van der Waals surface area contributed by atoms with Gasteiger partial charge in [-0.15, -0.1) is 0 Å². The highest BCUT2D eigenvalue weighted by atomic mass is 16.5. The van der Waals surface area contributed by atoms with Crippen LogP contribution >= 0.6 is 0 Å². The summed E-state index contributed by atoms with van der Waals surface area (Å²) in [6.07, 6.45) is 5.76. The molecule has 2 N–H and O–H groups in total. The van der Waals surface area contributed by atoms with Crippen molar-refractivity contribution < 1.29 is 24.5 Å². The lowest BCUT2D eigenvalue weighted by atomic mass is 9.93. The van der Waals surface area contributed by atoms with E-state index in [-0.39, 0.29) is 23.2 Å². The number of benzene rings is 1. The molecule has 0 radical (unpaired) electrons. The average Bonchev–Trinajstić information content (AvgIpc) is 2.53. The van der Waals surface area contributed by atoms with Crippen LogP contribution in [-0.2, 0) is 9.47 Å². The minimum Gasteiger partial charge on any atom is -0.508 e. The van der Waals surface area contributed by atoms with Crippen LogP contribution in [0.25, 0.3) is 0 Å². The maximum absolute atomic E-state index is 12.1. The molecule has 5 nitrogen and oxygen atoms in total. The average molecular weight is 302 g/mol. The van der Waals surface area contributed by atoms with Gasteiger partial charge in [-0.1, -0.05) is 6.08 Å². The predicted octanol–water partition coefficient (Wildman–Crippen LogP) is 2.75. The number of hydrogen-bond donors (Lipinski definition) is 2. The lowest BCUT2D eigenvalue weighted by Crippen LogP contribution is -2.25. The second-order valence-corrected chi connectivity index (χ2v) is 4.84. The summed E-state index contributed by atoms with van der Waals surface area (Å²) in [4.78, 5) is 12.1. The Hall–Kier alpha value is -2.53. The quantitative estimate of drug-likeness (QED) is 0.646. The Bertz CT molecular complexity index is 625. The molecule has 0 bridgehead atoms. The Kier molecular flexibility index (Phi) is 5.01. The van der Waals surface area contributed by atoms with Gasteiger partial charge < -0.3 is 19.7 Å². The van der Waals surface area contributed by atoms with Crippen molar-refractivity contribution >= 4 is 5.78 Å². The van der Waals surface area contributed by atoms with Crippen molar-refractivity contribution in [1.29, 1.82) is 0 Å². The summed E-state index contributed by atoms with van der Waals surface area (Å²) in [5.41, 5.74) is 0.472. The van der Waals surface area contributed by atoms with Gasteiger partial charge in [-0.3, -0.25) is 4.79 Å². The van der Waals surface area contributed by atoms with Gasteiger partial charge in [0, 0.05) is 18.7 Å². The maximum Gasteiger partial charge on any atom is 0.185 e. The van der Waals surface area contributed by atoms with Crippen LogP contribution in [0.4, 0.5) is 0 Å². The molecule has 0 spiro atoms. The van der Waals surface area contributed by atoms with E-state index in [4.69, 9.17) is 9.47 Å². The van der Waals surface area contributed by atoms with Crippen molar-refractivity contribution in [3.8, 4) is 5.75 Å². The minimum absolute atomic E-state index is 0.0678. The van der Waals surface area contributed by atoms with E-state index in [2.05, 4.69) is 0 Å². The second kappa shape index (κ2) is 6.95. The van der Waals surface area contributed by atoms with Crippen LogP contribution in [0.1, 0.15) is 10.4 Å². The number of rotatable bonds is 5. The Morgan fingerprint density at radius 1 is 1.18 bits per heavy atom. The summed E-state index contributed by atoms with van der Waals surface area (Å²) in [5.74, 6) is 0.202. The SMILES string of the molecule is COC1=CC(O)=CC(OC)C1C=CC(=O)c1ccc(O)cc1. The number of aromatic hydroxyl groups is 1. The Labute approximate surface area is 128 Å². The van der Waals surface area contributed by atoms with Crippen molar-refractivity contribution in [2.75, 3.05) is 14.2 Å². The molecule has 0 aromatic heterocycles. The first-order valence-corrected chi connectivity index (χ1v) is 6.76. The van der Waals surface area contributed by atoms with Gasteiger partial charge in [-0.05, 0) is 36.4 Å². The van der Waals surface area contributed by atoms with E-state index in [0.29, 0.717) is 11.3 Å². The van der Waals surface area contributed by atoms with Gasteiger partial charge in [0.25, 0.3) is 0 Å². The van der Waals surface area contributed by atoms with Crippen LogP contribution in [0.2, 0.25) is 0 Å². The number of carbonyl (C=O) groups excluding carboxylic acids is 1. The van der Waals surface area contributed by atoms with Gasteiger partial charge >= 0.3 is 0 Å². The molecule has 116 valence electrons. The molecule has 22 heavy (non-hydrogen) atoms. The molecule has 0 saturated carbocycles. The van der Waals surface area contributed by atoms with Crippen LogP contribution in [0.3, 0.4) is 0 Å². The molecule has 0 aliphatic heterocycles. The van der Waals surface area contributed by atoms with E-state index >= 15 is 0 Å². The maximum atomic E-state index is 12.1. The zero-order valence-corrected chi connectivity index (χ0v) is 12.4. The van der Waals surface area contributed by atoms with Crippen molar-refractivity contribution in [2.24, 2.45) is 5.92 Å². The summed E-state index contributed by atoms with van der Waals surface area (Å²) in [6.45, 7) is 0.